The lowest BCUT2D eigenvalue weighted by Gasteiger charge is -2.19. The van der Waals surface area contributed by atoms with Crippen molar-refractivity contribution in [1.29, 1.82) is 0 Å². The summed E-state index contributed by atoms with van der Waals surface area (Å²) in [4.78, 5) is 32.3. The molecular weight excluding hydrogens is 384 g/mol. The van der Waals surface area contributed by atoms with Crippen LogP contribution in [0.4, 0.5) is 10.5 Å². The van der Waals surface area contributed by atoms with Crippen molar-refractivity contribution in [2.24, 2.45) is 5.92 Å². The minimum absolute atomic E-state index is 0.0891. The topological polar surface area (TPSA) is 58.4 Å². The molecule has 0 saturated carbocycles. The molecule has 1 fully saturated rings. The summed E-state index contributed by atoms with van der Waals surface area (Å²) >= 11 is 1.65. The first kappa shape index (κ1) is 19.5. The van der Waals surface area contributed by atoms with Crippen molar-refractivity contribution < 1.29 is 9.59 Å². The molecule has 2 aromatic heterocycles. The van der Waals surface area contributed by atoms with Crippen LogP contribution in [0, 0.1) is 5.92 Å². The number of anilines is 1. The molecular formula is C22H24N4O2S. The van der Waals surface area contributed by atoms with E-state index in [0.717, 1.165) is 22.3 Å². The highest BCUT2D eigenvalue weighted by Gasteiger charge is 2.32. The van der Waals surface area contributed by atoms with E-state index in [1.165, 1.54) is 0 Å². The highest BCUT2D eigenvalue weighted by Crippen LogP contribution is 2.34. The van der Waals surface area contributed by atoms with E-state index < -0.39 is 0 Å². The number of carbonyl (C=O) groups excluding carboxylic acids is 2. The highest BCUT2D eigenvalue weighted by atomic mass is 32.2. The molecule has 1 aliphatic rings. The van der Waals surface area contributed by atoms with Crippen LogP contribution in [-0.2, 0) is 0 Å². The van der Waals surface area contributed by atoms with Gasteiger partial charge in [0.25, 0.3) is 0 Å². The quantitative estimate of drug-likeness (QED) is 0.465. The van der Waals surface area contributed by atoms with Crippen LogP contribution in [0.5, 0.6) is 0 Å². The van der Waals surface area contributed by atoms with Crippen LogP contribution in [0.1, 0.15) is 24.2 Å². The van der Waals surface area contributed by atoms with E-state index in [1.54, 1.807) is 33.8 Å². The summed E-state index contributed by atoms with van der Waals surface area (Å²) in [7, 11) is 0. The van der Waals surface area contributed by atoms with Gasteiger partial charge in [-0.05, 0) is 44.0 Å². The maximum Gasteiger partial charge on any atom is 0.328 e. The van der Waals surface area contributed by atoms with Gasteiger partial charge in [-0.25, -0.2) is 4.79 Å². The Kier molecular flexibility index (Phi) is 5.58. The minimum atomic E-state index is -0.122. The van der Waals surface area contributed by atoms with Gasteiger partial charge in [0.15, 0.2) is 5.78 Å². The number of benzene rings is 1. The Hall–Kier alpha value is -2.80. The van der Waals surface area contributed by atoms with Crippen molar-refractivity contribution >= 4 is 40.4 Å². The number of para-hydroxylation sites is 1. The second kappa shape index (κ2) is 8.29. The van der Waals surface area contributed by atoms with E-state index >= 15 is 0 Å². The van der Waals surface area contributed by atoms with Gasteiger partial charge in [-0.15, -0.1) is 0 Å². The van der Waals surface area contributed by atoms with Crippen molar-refractivity contribution in [3.05, 3.63) is 60.6 Å². The van der Waals surface area contributed by atoms with Gasteiger partial charge < -0.3 is 9.21 Å². The Morgan fingerprint density at radius 2 is 1.97 bits per heavy atom. The predicted octanol–water partition coefficient (Wildman–Crippen LogP) is 4.31. The number of ketones is 1. The van der Waals surface area contributed by atoms with Crippen LogP contribution in [0.2, 0.25) is 0 Å². The van der Waals surface area contributed by atoms with Gasteiger partial charge >= 0.3 is 6.03 Å². The average Bonchev–Trinajstić information content (AvgIpc) is 3.40. The highest BCUT2D eigenvalue weighted by molar-refractivity contribution is 8.00. The molecule has 29 heavy (non-hydrogen) atoms. The summed E-state index contributed by atoms with van der Waals surface area (Å²) in [6, 6.07) is 11.4. The third-order valence-corrected chi connectivity index (χ3v) is 6.56. The Labute approximate surface area is 174 Å². The maximum atomic E-state index is 13.4. The number of amides is 1. The number of pyridine rings is 1. The predicted molar refractivity (Wildman–Crippen MR) is 118 cm³/mol. The van der Waals surface area contributed by atoms with E-state index in [4.69, 9.17) is 0 Å². The van der Waals surface area contributed by atoms with Crippen molar-refractivity contribution in [2.45, 2.75) is 13.8 Å². The van der Waals surface area contributed by atoms with Crippen molar-refractivity contribution in [3.63, 3.8) is 0 Å². The molecule has 1 aromatic carbocycles. The molecule has 0 aliphatic carbocycles. The summed E-state index contributed by atoms with van der Waals surface area (Å²) in [6.45, 7) is 5.82. The lowest BCUT2D eigenvalue weighted by Crippen LogP contribution is -2.33. The molecule has 1 amide bonds. The fraction of sp³-hybridized carbons (Fsp3) is 0.318. The van der Waals surface area contributed by atoms with Crippen LogP contribution in [0.3, 0.4) is 0 Å². The molecule has 4 rings (SSSR count). The van der Waals surface area contributed by atoms with Crippen LogP contribution in [0.25, 0.3) is 10.9 Å². The van der Waals surface area contributed by atoms with Crippen LogP contribution >= 0.6 is 11.9 Å². The number of nitrogens with zero attached hydrogens (tertiary/aromatic N) is 4. The molecule has 1 aliphatic heterocycles. The summed E-state index contributed by atoms with van der Waals surface area (Å²) in [6.07, 6.45) is 5.29. The number of aromatic nitrogens is 2. The molecule has 0 bridgehead atoms. The summed E-state index contributed by atoms with van der Waals surface area (Å²) in [5.41, 5.74) is 2.41. The number of carbonyl (C=O) groups is 2. The normalized spacial score (nSPS) is 16.3. The molecule has 7 heteroatoms. The SMILES string of the molecule is CCN(CC)C(=O)n1cc(C(=O)C2CSN(c3cccnc3)C2)c2ccccc21. The Morgan fingerprint density at radius 1 is 1.17 bits per heavy atom. The largest absolute Gasteiger partial charge is 0.328 e. The third-order valence-electron chi connectivity index (χ3n) is 5.34. The van der Waals surface area contributed by atoms with Crippen LogP contribution < -0.4 is 4.31 Å². The average molecular weight is 409 g/mol. The molecule has 0 radical (unpaired) electrons. The molecule has 1 atom stereocenters. The van der Waals surface area contributed by atoms with Gasteiger partial charge in [-0.1, -0.05) is 18.2 Å². The summed E-state index contributed by atoms with van der Waals surface area (Å²) in [5, 5.41) is 0.836. The zero-order valence-corrected chi connectivity index (χ0v) is 17.4. The number of hydrogen-bond donors (Lipinski definition) is 0. The van der Waals surface area contributed by atoms with E-state index in [9.17, 15) is 9.59 Å². The molecule has 0 N–H and O–H groups in total. The molecule has 150 valence electrons. The Morgan fingerprint density at radius 3 is 2.69 bits per heavy atom. The van der Waals surface area contributed by atoms with E-state index in [2.05, 4.69) is 9.29 Å². The van der Waals surface area contributed by atoms with Gasteiger partial charge in [-0.2, -0.15) is 0 Å². The van der Waals surface area contributed by atoms with Gasteiger partial charge in [0.05, 0.1) is 23.3 Å². The molecule has 3 heterocycles. The first-order valence-electron chi connectivity index (χ1n) is 9.88. The zero-order chi connectivity index (χ0) is 20.4. The molecule has 0 spiro atoms. The molecule has 1 saturated heterocycles. The van der Waals surface area contributed by atoms with Crippen molar-refractivity contribution in [2.75, 3.05) is 29.7 Å². The fourth-order valence-electron chi connectivity index (χ4n) is 3.73. The van der Waals surface area contributed by atoms with Crippen molar-refractivity contribution in [1.82, 2.24) is 14.5 Å². The smallest absolute Gasteiger partial charge is 0.325 e. The second-order valence-corrected chi connectivity index (χ2v) is 8.05. The van der Waals surface area contributed by atoms with Gasteiger partial charge in [0.2, 0.25) is 0 Å². The lowest BCUT2D eigenvalue weighted by atomic mass is 9.98. The number of hydrogen-bond acceptors (Lipinski definition) is 5. The Bertz CT molecular complexity index is 1030. The lowest BCUT2D eigenvalue weighted by molar-refractivity contribution is 0.0942. The van der Waals surface area contributed by atoms with Crippen LogP contribution in [-0.4, -0.2) is 51.7 Å². The first-order valence-corrected chi connectivity index (χ1v) is 10.8. The van der Waals surface area contributed by atoms with Gasteiger partial charge in [-0.3, -0.25) is 14.3 Å². The molecule has 3 aromatic rings. The Balaban J connectivity index is 1.64. The fourth-order valence-corrected chi connectivity index (χ4v) is 4.89. The van der Waals surface area contributed by atoms with Crippen molar-refractivity contribution in [3.8, 4) is 0 Å². The van der Waals surface area contributed by atoms with Crippen LogP contribution in [0.15, 0.2) is 55.0 Å². The molecule has 6 nitrogen and oxygen atoms in total. The standard InChI is InChI=1S/C22H24N4O2S/c1-3-24(4-2)22(28)25-14-19(18-9-5-6-10-20(18)25)21(27)16-13-26(29-15-16)17-8-7-11-23-12-17/h5-12,14,16H,3-4,13,15H2,1-2H3. The third kappa shape index (κ3) is 3.62. The second-order valence-electron chi connectivity index (χ2n) is 7.01. The van der Waals surface area contributed by atoms with Gasteiger partial charge in [0, 0.05) is 48.7 Å². The molecule has 1 unspecified atom stereocenters. The monoisotopic (exact) mass is 408 g/mol. The number of fused-ring (bicyclic) bond motifs is 1. The zero-order valence-electron chi connectivity index (χ0n) is 16.6. The summed E-state index contributed by atoms with van der Waals surface area (Å²) < 4.78 is 3.74. The van der Waals surface area contributed by atoms with Gasteiger partial charge in [0.1, 0.15) is 0 Å². The first-order chi connectivity index (χ1) is 14.1. The van der Waals surface area contributed by atoms with E-state index in [1.807, 2.05) is 56.4 Å². The number of Topliss-reactive ketones (excluding diaryl/α,β-unsaturated/α-hetero) is 1. The van der Waals surface area contributed by atoms with E-state index in [-0.39, 0.29) is 17.7 Å². The van der Waals surface area contributed by atoms with E-state index in [0.29, 0.717) is 25.2 Å². The maximum absolute atomic E-state index is 13.4. The summed E-state index contributed by atoms with van der Waals surface area (Å²) in [5.74, 6) is 0.686. The minimum Gasteiger partial charge on any atom is -0.325 e. The number of rotatable bonds is 5.